The molecule has 0 spiro atoms. The van der Waals surface area contributed by atoms with E-state index in [-0.39, 0.29) is 22.9 Å². The molecule has 0 aliphatic carbocycles. The number of benzene rings is 1. The molecule has 2 aromatic rings. The molecule has 24 heavy (non-hydrogen) atoms. The number of ether oxygens (including phenoxy) is 2. The van der Waals surface area contributed by atoms with Crippen molar-refractivity contribution in [2.24, 2.45) is 0 Å². The van der Waals surface area contributed by atoms with Gasteiger partial charge in [0.15, 0.2) is 0 Å². The van der Waals surface area contributed by atoms with E-state index in [4.69, 9.17) is 44.3 Å². The Morgan fingerprint density at radius 2 is 1.96 bits per heavy atom. The van der Waals surface area contributed by atoms with Crippen LogP contribution in [0.25, 0.3) is 0 Å². The van der Waals surface area contributed by atoms with Crippen LogP contribution in [0.3, 0.4) is 0 Å². The number of hydrogen-bond donors (Lipinski definition) is 1. The first kappa shape index (κ1) is 17.3. The van der Waals surface area contributed by atoms with E-state index in [1.807, 2.05) is 0 Å². The van der Waals surface area contributed by atoms with Crippen molar-refractivity contribution in [1.29, 1.82) is 0 Å². The first-order valence-corrected chi connectivity index (χ1v) is 8.32. The largest absolute Gasteiger partial charge is 0.471 e. The fraction of sp³-hybridized carbons (Fsp3) is 0.250. The van der Waals surface area contributed by atoms with Gasteiger partial charge in [-0.25, -0.2) is 4.98 Å². The fourth-order valence-corrected chi connectivity index (χ4v) is 2.97. The second kappa shape index (κ2) is 7.57. The van der Waals surface area contributed by atoms with E-state index < -0.39 is 0 Å². The van der Waals surface area contributed by atoms with Crippen LogP contribution in [-0.2, 0) is 4.74 Å². The summed E-state index contributed by atoms with van der Waals surface area (Å²) in [5, 5.41) is 3.81. The monoisotopic (exact) mass is 386 g/mol. The SMILES string of the molecule is O=C(Nc1cc(Cl)cc(Cl)c1)c1cnc(OC2CCOC2)c(Cl)c1. The van der Waals surface area contributed by atoms with E-state index in [0.717, 1.165) is 6.42 Å². The predicted molar refractivity (Wildman–Crippen MR) is 93.5 cm³/mol. The summed E-state index contributed by atoms with van der Waals surface area (Å²) in [7, 11) is 0. The predicted octanol–water partition coefficient (Wildman–Crippen LogP) is 4.46. The molecular weight excluding hydrogens is 375 g/mol. The number of hydrogen-bond acceptors (Lipinski definition) is 4. The molecule has 0 saturated carbocycles. The zero-order valence-corrected chi connectivity index (χ0v) is 14.7. The van der Waals surface area contributed by atoms with Gasteiger partial charge in [0.05, 0.1) is 18.8 Å². The molecule has 1 N–H and O–H groups in total. The van der Waals surface area contributed by atoms with Gasteiger partial charge in [-0.3, -0.25) is 4.79 Å². The van der Waals surface area contributed by atoms with Crippen LogP contribution in [-0.4, -0.2) is 30.2 Å². The molecule has 2 heterocycles. The maximum Gasteiger partial charge on any atom is 0.257 e. The van der Waals surface area contributed by atoms with Crippen LogP contribution in [0.1, 0.15) is 16.8 Å². The average molecular weight is 388 g/mol. The number of nitrogens with zero attached hydrogens (tertiary/aromatic N) is 1. The molecule has 1 aliphatic rings. The highest BCUT2D eigenvalue weighted by Crippen LogP contribution is 2.26. The minimum Gasteiger partial charge on any atom is -0.471 e. The quantitative estimate of drug-likeness (QED) is 0.841. The van der Waals surface area contributed by atoms with Crippen LogP contribution in [0.5, 0.6) is 5.88 Å². The molecule has 1 unspecified atom stereocenters. The molecule has 1 aromatic carbocycles. The summed E-state index contributed by atoms with van der Waals surface area (Å²) in [5.74, 6) is -0.0898. The molecular formula is C16H13Cl3N2O3. The maximum absolute atomic E-state index is 12.3. The lowest BCUT2D eigenvalue weighted by Crippen LogP contribution is -2.17. The van der Waals surface area contributed by atoms with Crippen LogP contribution in [0.4, 0.5) is 5.69 Å². The van der Waals surface area contributed by atoms with E-state index >= 15 is 0 Å². The third-order valence-electron chi connectivity index (χ3n) is 3.36. The van der Waals surface area contributed by atoms with Gasteiger partial charge in [-0.05, 0) is 24.3 Å². The van der Waals surface area contributed by atoms with Crippen molar-refractivity contribution >= 4 is 46.4 Å². The number of halogens is 3. The van der Waals surface area contributed by atoms with Crippen molar-refractivity contribution in [1.82, 2.24) is 4.98 Å². The van der Waals surface area contributed by atoms with Crippen molar-refractivity contribution in [3.63, 3.8) is 0 Å². The van der Waals surface area contributed by atoms with E-state index in [1.54, 1.807) is 18.2 Å². The van der Waals surface area contributed by atoms with Gasteiger partial charge in [0, 0.05) is 28.4 Å². The van der Waals surface area contributed by atoms with Crippen molar-refractivity contribution in [3.05, 3.63) is 51.1 Å². The fourth-order valence-electron chi connectivity index (χ4n) is 2.23. The Kier molecular flexibility index (Phi) is 5.46. The summed E-state index contributed by atoms with van der Waals surface area (Å²) in [6.45, 7) is 1.17. The number of nitrogens with one attached hydrogen (secondary N) is 1. The topological polar surface area (TPSA) is 60.5 Å². The zero-order chi connectivity index (χ0) is 17.1. The number of anilines is 1. The smallest absolute Gasteiger partial charge is 0.257 e. The number of carbonyl (C=O) groups is 1. The summed E-state index contributed by atoms with van der Waals surface area (Å²) in [4.78, 5) is 16.4. The molecule has 5 nitrogen and oxygen atoms in total. The second-order valence-corrected chi connectivity index (χ2v) is 6.51. The molecule has 3 rings (SSSR count). The minimum absolute atomic E-state index is 0.0664. The lowest BCUT2D eigenvalue weighted by Gasteiger charge is -2.12. The van der Waals surface area contributed by atoms with E-state index in [1.165, 1.54) is 12.3 Å². The summed E-state index contributed by atoms with van der Waals surface area (Å²) >= 11 is 18.0. The number of aromatic nitrogens is 1. The van der Waals surface area contributed by atoms with Gasteiger partial charge < -0.3 is 14.8 Å². The molecule has 1 aliphatic heterocycles. The first-order chi connectivity index (χ1) is 11.5. The molecule has 1 amide bonds. The van der Waals surface area contributed by atoms with Gasteiger partial charge in [0.25, 0.3) is 5.91 Å². The minimum atomic E-state index is -0.376. The van der Waals surface area contributed by atoms with Crippen molar-refractivity contribution in [3.8, 4) is 5.88 Å². The molecule has 0 bridgehead atoms. The van der Waals surface area contributed by atoms with E-state index in [9.17, 15) is 4.79 Å². The summed E-state index contributed by atoms with van der Waals surface area (Å²) in [6.07, 6.45) is 2.12. The Labute approximate surface area is 153 Å². The molecule has 126 valence electrons. The molecule has 1 saturated heterocycles. The van der Waals surface area contributed by atoms with Gasteiger partial charge in [-0.2, -0.15) is 0 Å². The Bertz CT molecular complexity index is 744. The number of amides is 1. The lowest BCUT2D eigenvalue weighted by molar-refractivity contribution is 0.102. The van der Waals surface area contributed by atoms with Gasteiger partial charge in [0.1, 0.15) is 11.1 Å². The van der Waals surface area contributed by atoms with E-state index in [2.05, 4.69) is 10.3 Å². The molecule has 1 fully saturated rings. The van der Waals surface area contributed by atoms with Crippen molar-refractivity contribution < 1.29 is 14.3 Å². The Morgan fingerprint density at radius 3 is 2.58 bits per heavy atom. The van der Waals surface area contributed by atoms with Crippen LogP contribution < -0.4 is 10.1 Å². The van der Waals surface area contributed by atoms with Crippen molar-refractivity contribution in [2.75, 3.05) is 18.5 Å². The highest BCUT2D eigenvalue weighted by Gasteiger charge is 2.20. The standard InChI is InChI=1S/C16H13Cl3N2O3/c17-10-4-11(18)6-12(5-10)21-15(22)9-3-14(19)16(20-7-9)24-13-1-2-23-8-13/h3-7,13H,1-2,8H2,(H,21,22). The highest BCUT2D eigenvalue weighted by atomic mass is 35.5. The van der Waals surface area contributed by atoms with Gasteiger partial charge in [-0.1, -0.05) is 34.8 Å². The van der Waals surface area contributed by atoms with Crippen LogP contribution in [0.2, 0.25) is 15.1 Å². The first-order valence-electron chi connectivity index (χ1n) is 7.18. The van der Waals surface area contributed by atoms with Crippen LogP contribution >= 0.6 is 34.8 Å². The summed E-state index contributed by atoms with van der Waals surface area (Å²) in [6, 6.07) is 6.27. The van der Waals surface area contributed by atoms with Gasteiger partial charge >= 0.3 is 0 Å². The Hall–Kier alpha value is -1.53. The third-order valence-corrected chi connectivity index (χ3v) is 4.06. The summed E-state index contributed by atoms with van der Waals surface area (Å²) < 4.78 is 10.9. The molecule has 1 atom stereocenters. The summed E-state index contributed by atoms with van der Waals surface area (Å²) in [5.41, 5.74) is 0.781. The van der Waals surface area contributed by atoms with Gasteiger partial charge in [-0.15, -0.1) is 0 Å². The second-order valence-electron chi connectivity index (χ2n) is 5.23. The average Bonchev–Trinajstić information content (AvgIpc) is 3.01. The van der Waals surface area contributed by atoms with Crippen molar-refractivity contribution in [2.45, 2.75) is 12.5 Å². The van der Waals surface area contributed by atoms with Crippen LogP contribution in [0, 0.1) is 0 Å². The highest BCUT2D eigenvalue weighted by molar-refractivity contribution is 6.35. The number of carbonyl (C=O) groups excluding carboxylic acids is 1. The molecule has 1 aromatic heterocycles. The number of pyridine rings is 1. The number of rotatable bonds is 4. The normalized spacial score (nSPS) is 16.9. The van der Waals surface area contributed by atoms with Crippen LogP contribution in [0.15, 0.2) is 30.5 Å². The Morgan fingerprint density at radius 1 is 1.21 bits per heavy atom. The third kappa shape index (κ3) is 4.30. The molecule has 8 heteroatoms. The van der Waals surface area contributed by atoms with E-state index in [0.29, 0.717) is 34.5 Å². The molecule has 0 radical (unpaired) electrons. The van der Waals surface area contributed by atoms with Gasteiger partial charge in [0.2, 0.25) is 5.88 Å². The maximum atomic E-state index is 12.3. The lowest BCUT2D eigenvalue weighted by atomic mass is 10.2. The zero-order valence-electron chi connectivity index (χ0n) is 12.4. The Balaban J connectivity index is 1.71.